The van der Waals surface area contributed by atoms with E-state index in [0.29, 0.717) is 0 Å². The Bertz CT molecular complexity index is 897. The maximum Gasteiger partial charge on any atom is 0.573 e. The van der Waals surface area contributed by atoms with E-state index >= 15 is 0 Å². The van der Waals surface area contributed by atoms with Crippen LogP contribution in [0, 0.1) is 0 Å². The fraction of sp³-hybridized carbons (Fsp3) is 0.421. The smallest absolute Gasteiger partial charge is 0.405 e. The summed E-state index contributed by atoms with van der Waals surface area (Å²) in [4.78, 5) is 21.1. The van der Waals surface area contributed by atoms with Crippen molar-refractivity contribution in [2.24, 2.45) is 0 Å². The molecule has 0 radical (unpaired) electrons. The number of benzene rings is 1. The highest BCUT2D eigenvalue weighted by Crippen LogP contribution is 2.41. The van der Waals surface area contributed by atoms with Crippen LogP contribution in [0.1, 0.15) is 34.7 Å². The normalized spacial score (nSPS) is 16.2. The van der Waals surface area contributed by atoms with Gasteiger partial charge in [-0.3, -0.25) is 9.69 Å². The Balaban J connectivity index is 1.86. The number of carbonyl (C=O) groups excluding carboxylic acids is 1. The number of ether oxygens (including phenoxy) is 1. The molecule has 1 amide bonds. The molecule has 2 heterocycles. The highest BCUT2D eigenvalue weighted by molar-refractivity contribution is 6.04. The number of halogens is 6. The molecule has 1 aromatic heterocycles. The predicted molar refractivity (Wildman–Crippen MR) is 97.6 cm³/mol. The van der Waals surface area contributed by atoms with Crippen molar-refractivity contribution in [3.05, 3.63) is 48.0 Å². The van der Waals surface area contributed by atoms with Crippen LogP contribution < -0.4 is 10.1 Å². The van der Waals surface area contributed by atoms with Crippen molar-refractivity contribution < 1.29 is 35.9 Å². The second kappa shape index (κ2) is 9.08. The van der Waals surface area contributed by atoms with Crippen molar-refractivity contribution in [1.29, 1.82) is 0 Å². The van der Waals surface area contributed by atoms with E-state index in [4.69, 9.17) is 0 Å². The molecule has 1 saturated heterocycles. The van der Waals surface area contributed by atoms with E-state index in [-0.39, 0.29) is 42.7 Å². The zero-order chi connectivity index (χ0) is 22.6. The first-order valence-corrected chi connectivity index (χ1v) is 9.26. The van der Waals surface area contributed by atoms with Crippen molar-refractivity contribution in [2.75, 3.05) is 25.0 Å². The number of nitrogens with zero attached hydrogens (tertiary/aromatic N) is 3. The number of rotatable bonds is 5. The molecule has 0 spiro atoms. The standard InChI is InChI=1S/C19H18F6N4O2/c20-18(21,22)10-29-6-4-12(5-7-29)16-14(2-1-3-15(16)31-19(23,24)25)28-17(30)13-8-26-11-27-9-13/h1-3,8-9,11-12H,4-7,10H2,(H,28,30). The van der Waals surface area contributed by atoms with Gasteiger partial charge in [0.25, 0.3) is 5.91 Å². The number of piperidine rings is 1. The molecule has 1 aromatic carbocycles. The average molecular weight is 448 g/mol. The summed E-state index contributed by atoms with van der Waals surface area (Å²) in [6.45, 7) is -0.993. The first-order valence-electron chi connectivity index (χ1n) is 9.26. The van der Waals surface area contributed by atoms with Crippen molar-refractivity contribution >= 4 is 11.6 Å². The van der Waals surface area contributed by atoms with Crippen LogP contribution in [0.4, 0.5) is 32.0 Å². The minimum atomic E-state index is -4.97. The van der Waals surface area contributed by atoms with Gasteiger partial charge in [0.05, 0.1) is 12.1 Å². The lowest BCUT2D eigenvalue weighted by molar-refractivity contribution is -0.275. The Kier molecular flexibility index (Phi) is 6.68. The van der Waals surface area contributed by atoms with Gasteiger partial charge in [-0.1, -0.05) is 6.07 Å². The fourth-order valence-corrected chi connectivity index (χ4v) is 3.53. The topological polar surface area (TPSA) is 67.3 Å². The first kappa shape index (κ1) is 22.8. The minimum absolute atomic E-state index is 0.0461. The van der Waals surface area contributed by atoms with Crippen LogP contribution in [0.15, 0.2) is 36.9 Å². The van der Waals surface area contributed by atoms with E-state index in [1.165, 1.54) is 35.8 Å². The van der Waals surface area contributed by atoms with Gasteiger partial charge < -0.3 is 10.1 Å². The molecular weight excluding hydrogens is 430 g/mol. The summed E-state index contributed by atoms with van der Waals surface area (Å²) in [6.07, 6.45) is -5.28. The monoisotopic (exact) mass is 448 g/mol. The molecule has 1 fully saturated rings. The van der Waals surface area contributed by atoms with E-state index in [1.807, 2.05) is 0 Å². The number of aromatic nitrogens is 2. The SMILES string of the molecule is O=C(Nc1cccc(OC(F)(F)F)c1C1CCN(CC(F)(F)F)CC1)c1cncnc1. The molecule has 6 nitrogen and oxygen atoms in total. The van der Waals surface area contributed by atoms with Crippen molar-refractivity contribution in [3.63, 3.8) is 0 Å². The van der Waals surface area contributed by atoms with Gasteiger partial charge in [-0.2, -0.15) is 13.2 Å². The number of amides is 1. The zero-order valence-electron chi connectivity index (χ0n) is 16.0. The third kappa shape index (κ3) is 6.54. The van der Waals surface area contributed by atoms with Gasteiger partial charge in [0.15, 0.2) is 0 Å². The molecule has 1 aliphatic rings. The number of hydrogen-bond acceptors (Lipinski definition) is 5. The summed E-state index contributed by atoms with van der Waals surface area (Å²) in [6, 6.07) is 3.83. The maximum absolute atomic E-state index is 12.9. The molecule has 31 heavy (non-hydrogen) atoms. The lowest BCUT2D eigenvalue weighted by Crippen LogP contribution is -2.39. The highest BCUT2D eigenvalue weighted by atomic mass is 19.4. The van der Waals surface area contributed by atoms with Crippen molar-refractivity contribution in [1.82, 2.24) is 14.9 Å². The van der Waals surface area contributed by atoms with Gasteiger partial charge in [-0.25, -0.2) is 9.97 Å². The van der Waals surface area contributed by atoms with Crippen LogP contribution in [0.3, 0.4) is 0 Å². The quantitative estimate of drug-likeness (QED) is 0.689. The molecule has 0 unspecified atom stereocenters. The fourth-order valence-electron chi connectivity index (χ4n) is 3.53. The van der Waals surface area contributed by atoms with Gasteiger partial charge in [0.2, 0.25) is 0 Å². The van der Waals surface area contributed by atoms with Gasteiger partial charge in [-0.05, 0) is 44.0 Å². The average Bonchev–Trinajstić information content (AvgIpc) is 2.67. The summed E-state index contributed by atoms with van der Waals surface area (Å²) in [5, 5.41) is 2.54. The lowest BCUT2D eigenvalue weighted by atomic mass is 9.87. The molecule has 1 aliphatic heterocycles. The summed E-state index contributed by atoms with van der Waals surface area (Å²) < 4.78 is 80.9. The minimum Gasteiger partial charge on any atom is -0.405 e. The van der Waals surface area contributed by atoms with Crippen LogP contribution >= 0.6 is 0 Å². The third-order valence-electron chi connectivity index (χ3n) is 4.76. The van der Waals surface area contributed by atoms with Crippen LogP contribution in [0.25, 0.3) is 0 Å². The molecule has 12 heteroatoms. The molecule has 0 bridgehead atoms. The van der Waals surface area contributed by atoms with Gasteiger partial charge in [0, 0.05) is 23.6 Å². The molecule has 2 aromatic rings. The Morgan fingerprint density at radius 3 is 2.32 bits per heavy atom. The molecule has 1 N–H and O–H groups in total. The summed E-state index contributed by atoms with van der Waals surface area (Å²) in [7, 11) is 0. The van der Waals surface area contributed by atoms with E-state index < -0.39 is 36.7 Å². The largest absolute Gasteiger partial charge is 0.573 e. The molecule has 3 rings (SSSR count). The van der Waals surface area contributed by atoms with E-state index in [0.717, 1.165) is 6.07 Å². The van der Waals surface area contributed by atoms with E-state index in [2.05, 4.69) is 20.0 Å². The lowest BCUT2D eigenvalue weighted by Gasteiger charge is -2.34. The first-order chi connectivity index (χ1) is 14.5. The maximum atomic E-state index is 12.9. The number of anilines is 1. The van der Waals surface area contributed by atoms with Crippen molar-refractivity contribution in [3.8, 4) is 5.75 Å². The molecular formula is C19H18F6N4O2. The number of hydrogen-bond donors (Lipinski definition) is 1. The highest BCUT2D eigenvalue weighted by Gasteiger charge is 2.36. The Labute approximate surface area is 173 Å². The molecule has 0 aliphatic carbocycles. The number of nitrogens with one attached hydrogen (secondary N) is 1. The van der Waals surface area contributed by atoms with Crippen LogP contribution in [-0.2, 0) is 0 Å². The Hall–Kier alpha value is -2.89. The van der Waals surface area contributed by atoms with E-state index in [9.17, 15) is 31.1 Å². The number of alkyl halides is 6. The number of carbonyl (C=O) groups is 1. The molecule has 0 saturated carbocycles. The Morgan fingerprint density at radius 1 is 1.10 bits per heavy atom. The second-order valence-corrected chi connectivity index (χ2v) is 7.01. The summed E-state index contributed by atoms with van der Waals surface area (Å²) in [5.74, 6) is -1.67. The van der Waals surface area contributed by atoms with Crippen LogP contribution in [0.2, 0.25) is 0 Å². The number of likely N-dealkylation sites (tertiary alicyclic amines) is 1. The summed E-state index contributed by atoms with van der Waals surface area (Å²) >= 11 is 0. The Morgan fingerprint density at radius 2 is 1.74 bits per heavy atom. The van der Waals surface area contributed by atoms with Gasteiger partial charge in [-0.15, -0.1) is 13.2 Å². The third-order valence-corrected chi connectivity index (χ3v) is 4.76. The van der Waals surface area contributed by atoms with Crippen molar-refractivity contribution in [2.45, 2.75) is 31.3 Å². The molecule has 0 atom stereocenters. The zero-order valence-corrected chi connectivity index (χ0v) is 16.0. The predicted octanol–water partition coefficient (Wildman–Crippen LogP) is 4.37. The van der Waals surface area contributed by atoms with E-state index in [1.54, 1.807) is 0 Å². The van der Waals surface area contributed by atoms with Gasteiger partial charge >= 0.3 is 12.5 Å². The van der Waals surface area contributed by atoms with Crippen LogP contribution in [-0.4, -0.2) is 52.9 Å². The summed E-state index contributed by atoms with van der Waals surface area (Å²) in [5.41, 5.74) is 0.275. The second-order valence-electron chi connectivity index (χ2n) is 7.01. The molecule has 168 valence electrons. The van der Waals surface area contributed by atoms with Gasteiger partial charge in [0.1, 0.15) is 12.1 Å². The van der Waals surface area contributed by atoms with Crippen LogP contribution in [0.5, 0.6) is 5.75 Å².